The maximum atomic E-state index is 13.2. The number of pyridine rings is 1. The van der Waals surface area contributed by atoms with Gasteiger partial charge in [0.25, 0.3) is 0 Å². The van der Waals surface area contributed by atoms with E-state index in [1.807, 2.05) is 0 Å². The average molecular weight is 381 g/mol. The van der Waals surface area contributed by atoms with Crippen molar-refractivity contribution in [3.05, 3.63) is 23.8 Å². The number of alkyl halides is 3. The summed E-state index contributed by atoms with van der Waals surface area (Å²) in [6.45, 7) is 6.35. The van der Waals surface area contributed by atoms with Crippen LogP contribution in [0.15, 0.2) is 12.4 Å². The summed E-state index contributed by atoms with van der Waals surface area (Å²) in [4.78, 5) is 24.0. The lowest BCUT2D eigenvalue weighted by molar-refractivity contribution is -0.155. The molecule has 3 aromatic heterocycles. The number of esters is 1. The van der Waals surface area contributed by atoms with Gasteiger partial charge in [0.1, 0.15) is 35.6 Å². The molecule has 144 valence electrons. The summed E-state index contributed by atoms with van der Waals surface area (Å²) < 4.78 is 46.4. The summed E-state index contributed by atoms with van der Waals surface area (Å²) in [5, 5.41) is 0.429. The van der Waals surface area contributed by atoms with Crippen LogP contribution in [-0.4, -0.2) is 31.1 Å². The summed E-state index contributed by atoms with van der Waals surface area (Å²) in [5.74, 6) is -0.538. The minimum Gasteiger partial charge on any atom is -0.459 e. The van der Waals surface area contributed by atoms with Crippen molar-refractivity contribution >= 4 is 33.7 Å². The number of nitrogens with zero attached hydrogens (tertiary/aromatic N) is 4. The van der Waals surface area contributed by atoms with E-state index in [1.165, 1.54) is 17.8 Å². The van der Waals surface area contributed by atoms with Crippen molar-refractivity contribution in [2.45, 2.75) is 46.0 Å². The Labute approximate surface area is 152 Å². The molecule has 0 unspecified atom stereocenters. The Bertz CT molecular complexity index is 1050. The first kappa shape index (κ1) is 18.9. The van der Waals surface area contributed by atoms with Crippen LogP contribution in [0.3, 0.4) is 0 Å². The third-order valence-electron chi connectivity index (χ3n) is 3.82. The predicted octanol–water partition coefficient (Wildman–Crippen LogP) is 3.23. The van der Waals surface area contributed by atoms with Gasteiger partial charge in [0.2, 0.25) is 0 Å². The van der Waals surface area contributed by atoms with Crippen LogP contribution in [0.5, 0.6) is 0 Å². The van der Waals surface area contributed by atoms with Crippen LogP contribution in [0.2, 0.25) is 0 Å². The fourth-order valence-corrected chi connectivity index (χ4v) is 2.96. The van der Waals surface area contributed by atoms with E-state index in [1.54, 1.807) is 20.8 Å². The van der Waals surface area contributed by atoms with Gasteiger partial charge >= 0.3 is 12.1 Å². The molecule has 2 N–H and O–H groups in total. The number of anilines is 1. The average Bonchev–Trinajstić information content (AvgIpc) is 2.80. The molecule has 0 aliphatic carbocycles. The van der Waals surface area contributed by atoms with Gasteiger partial charge in [-0.2, -0.15) is 13.2 Å². The predicted molar refractivity (Wildman–Crippen MR) is 92.8 cm³/mol. The Morgan fingerprint density at radius 3 is 2.52 bits per heavy atom. The Morgan fingerprint density at radius 2 is 1.93 bits per heavy atom. The number of ether oxygens (including phenoxy) is 1. The molecule has 0 amide bonds. The second kappa shape index (κ2) is 6.07. The van der Waals surface area contributed by atoms with Crippen LogP contribution in [-0.2, 0) is 22.3 Å². The topological polar surface area (TPSA) is 95.9 Å². The monoisotopic (exact) mass is 381 g/mol. The number of fused-ring (bicyclic) bond motifs is 3. The summed E-state index contributed by atoms with van der Waals surface area (Å²) >= 11 is 0. The molecule has 0 spiro atoms. The lowest BCUT2D eigenvalue weighted by Gasteiger charge is -2.20. The molecule has 0 saturated heterocycles. The van der Waals surface area contributed by atoms with E-state index in [0.29, 0.717) is 5.52 Å². The lowest BCUT2D eigenvalue weighted by Crippen LogP contribution is -2.26. The normalized spacial score (nSPS) is 12.7. The first-order chi connectivity index (χ1) is 12.4. The lowest BCUT2D eigenvalue weighted by atomic mass is 10.1. The fourth-order valence-electron chi connectivity index (χ4n) is 2.96. The van der Waals surface area contributed by atoms with Gasteiger partial charge in [-0.3, -0.25) is 4.79 Å². The second-order valence-corrected chi connectivity index (χ2v) is 7.12. The van der Waals surface area contributed by atoms with Gasteiger partial charge < -0.3 is 15.0 Å². The molecule has 0 fully saturated rings. The van der Waals surface area contributed by atoms with Crippen molar-refractivity contribution in [3.63, 3.8) is 0 Å². The molecule has 0 bridgehead atoms. The number of carbonyl (C=O) groups is 1. The fraction of sp³-hybridized carbons (Fsp3) is 0.412. The van der Waals surface area contributed by atoms with E-state index in [0.717, 1.165) is 6.07 Å². The molecule has 7 nitrogen and oxygen atoms in total. The Balaban J connectivity index is 2.29. The van der Waals surface area contributed by atoms with Gasteiger partial charge in [0.05, 0.1) is 16.6 Å². The SMILES string of the molecule is Cc1nc(C(F)(F)F)cc2c3c(N)ncnc3n(CC(=O)OC(C)(C)C)c12. The highest BCUT2D eigenvalue weighted by Crippen LogP contribution is 2.36. The molecule has 3 rings (SSSR count). The molecule has 0 saturated carbocycles. The molecule has 27 heavy (non-hydrogen) atoms. The number of halogens is 3. The van der Waals surface area contributed by atoms with E-state index in [4.69, 9.17) is 10.5 Å². The third-order valence-corrected chi connectivity index (χ3v) is 3.82. The molecule has 0 aliphatic heterocycles. The molecule has 3 heterocycles. The highest BCUT2D eigenvalue weighted by molar-refractivity contribution is 6.12. The highest BCUT2D eigenvalue weighted by Gasteiger charge is 2.34. The molecule has 0 aromatic carbocycles. The van der Waals surface area contributed by atoms with Crippen LogP contribution < -0.4 is 5.73 Å². The largest absolute Gasteiger partial charge is 0.459 e. The van der Waals surface area contributed by atoms with E-state index in [-0.39, 0.29) is 34.5 Å². The molecule has 0 aliphatic rings. The molecule has 10 heteroatoms. The second-order valence-electron chi connectivity index (χ2n) is 7.12. The molecule has 0 atom stereocenters. The number of hydrogen-bond acceptors (Lipinski definition) is 6. The van der Waals surface area contributed by atoms with Crippen LogP contribution >= 0.6 is 0 Å². The van der Waals surface area contributed by atoms with E-state index in [2.05, 4.69) is 15.0 Å². The smallest absolute Gasteiger partial charge is 0.433 e. The standard InChI is InChI=1S/C17H18F3N5O2/c1-8-13-9(5-10(24-8)17(18,19)20)12-14(21)22-7-23-15(12)25(13)6-11(26)27-16(2,3)4/h5,7H,6H2,1-4H3,(H2,21,22,23). The first-order valence-electron chi connectivity index (χ1n) is 8.07. The van der Waals surface area contributed by atoms with Gasteiger partial charge in [0, 0.05) is 5.39 Å². The Hall–Kier alpha value is -2.91. The molecule has 0 radical (unpaired) electrons. The van der Waals surface area contributed by atoms with E-state index < -0.39 is 23.4 Å². The number of nitrogens with two attached hydrogens (primary N) is 1. The van der Waals surface area contributed by atoms with Gasteiger partial charge in [-0.1, -0.05) is 0 Å². The van der Waals surface area contributed by atoms with E-state index in [9.17, 15) is 18.0 Å². The van der Waals surface area contributed by atoms with Crippen molar-refractivity contribution in [1.82, 2.24) is 19.5 Å². The van der Waals surface area contributed by atoms with Gasteiger partial charge in [-0.15, -0.1) is 0 Å². The highest BCUT2D eigenvalue weighted by atomic mass is 19.4. The van der Waals surface area contributed by atoms with E-state index >= 15 is 0 Å². The zero-order valence-electron chi connectivity index (χ0n) is 15.2. The van der Waals surface area contributed by atoms with Crippen LogP contribution in [0, 0.1) is 6.92 Å². The molecular formula is C17H18F3N5O2. The number of carbonyl (C=O) groups excluding carboxylic acids is 1. The van der Waals surface area contributed by atoms with Crippen molar-refractivity contribution in [2.24, 2.45) is 0 Å². The number of aromatic nitrogens is 4. The number of hydrogen-bond donors (Lipinski definition) is 1. The van der Waals surface area contributed by atoms with Crippen molar-refractivity contribution in [3.8, 4) is 0 Å². The van der Waals surface area contributed by atoms with Gasteiger partial charge in [-0.25, -0.2) is 15.0 Å². The van der Waals surface area contributed by atoms with Crippen molar-refractivity contribution < 1.29 is 22.7 Å². The maximum Gasteiger partial charge on any atom is 0.433 e. The van der Waals surface area contributed by atoms with Gasteiger partial charge in [0.15, 0.2) is 0 Å². The zero-order chi connectivity index (χ0) is 20.1. The third kappa shape index (κ3) is 3.51. The molecule has 3 aromatic rings. The Morgan fingerprint density at radius 1 is 1.26 bits per heavy atom. The number of aryl methyl sites for hydroxylation is 1. The number of nitrogen functional groups attached to an aromatic ring is 1. The maximum absolute atomic E-state index is 13.2. The van der Waals surface area contributed by atoms with Crippen LogP contribution in [0.1, 0.15) is 32.2 Å². The Kier molecular flexibility index (Phi) is 4.24. The van der Waals surface area contributed by atoms with Gasteiger partial charge in [-0.05, 0) is 33.8 Å². The van der Waals surface area contributed by atoms with Crippen molar-refractivity contribution in [1.29, 1.82) is 0 Å². The quantitative estimate of drug-likeness (QED) is 0.685. The minimum absolute atomic E-state index is 0.0201. The summed E-state index contributed by atoms with van der Waals surface area (Å²) in [5.41, 5.74) is 4.81. The van der Waals surface area contributed by atoms with Crippen molar-refractivity contribution in [2.75, 3.05) is 5.73 Å². The number of rotatable bonds is 2. The first-order valence-corrected chi connectivity index (χ1v) is 8.07. The van der Waals surface area contributed by atoms with Crippen LogP contribution in [0.25, 0.3) is 21.9 Å². The molecular weight excluding hydrogens is 363 g/mol. The zero-order valence-corrected chi connectivity index (χ0v) is 15.2. The summed E-state index contributed by atoms with van der Waals surface area (Å²) in [7, 11) is 0. The van der Waals surface area contributed by atoms with Crippen LogP contribution in [0.4, 0.5) is 19.0 Å². The minimum atomic E-state index is -4.62. The summed E-state index contributed by atoms with van der Waals surface area (Å²) in [6.07, 6.45) is -3.43. The summed E-state index contributed by atoms with van der Waals surface area (Å²) in [6, 6.07) is 0.899.